The summed E-state index contributed by atoms with van der Waals surface area (Å²) in [5.41, 5.74) is 10.2. The van der Waals surface area contributed by atoms with Crippen molar-refractivity contribution >= 4 is 47.8 Å². The van der Waals surface area contributed by atoms with E-state index in [0.29, 0.717) is 11.1 Å². The SMILES string of the molecule is CC(C)(C)OC(=O)N[C@@H](Cc1ccc(OC(=O)OC(C)(C)C)cc1)C(=O)N[C@H](CCCNC(=O)[C@@H](N)CC(N)=O)C(=O)NCC(=O)N[C@@H](Cc1ccccc1)C(=O)O. The van der Waals surface area contributed by atoms with Gasteiger partial charge in [0.25, 0.3) is 0 Å². The van der Waals surface area contributed by atoms with Gasteiger partial charge in [-0.05, 0) is 77.6 Å². The number of carboxylic acid groups (broad SMARTS) is 1. The second-order valence-electron chi connectivity index (χ2n) is 15.3. The molecular formula is C39H55N7O12. The van der Waals surface area contributed by atoms with Gasteiger partial charge in [0.2, 0.25) is 29.5 Å². The van der Waals surface area contributed by atoms with E-state index in [2.05, 4.69) is 26.6 Å². The summed E-state index contributed by atoms with van der Waals surface area (Å²) in [4.78, 5) is 100. The van der Waals surface area contributed by atoms with Crippen molar-refractivity contribution < 1.29 is 57.7 Å². The molecule has 2 aromatic carbocycles. The molecule has 6 amide bonds. The minimum absolute atomic E-state index is 0.0190. The van der Waals surface area contributed by atoms with Crippen molar-refractivity contribution in [2.24, 2.45) is 11.5 Å². The summed E-state index contributed by atoms with van der Waals surface area (Å²) in [6.45, 7) is 9.22. The van der Waals surface area contributed by atoms with E-state index < -0.39 is 96.1 Å². The third-order valence-electron chi connectivity index (χ3n) is 7.66. The molecule has 19 heteroatoms. The summed E-state index contributed by atoms with van der Waals surface area (Å²) in [7, 11) is 0. The first-order valence-electron chi connectivity index (χ1n) is 18.5. The molecule has 0 aliphatic heterocycles. The molecule has 0 fully saturated rings. The van der Waals surface area contributed by atoms with E-state index in [4.69, 9.17) is 25.7 Å². The maximum Gasteiger partial charge on any atom is 0.514 e. The molecular weight excluding hydrogens is 758 g/mol. The number of nitrogens with one attached hydrogen (secondary N) is 5. The maximum atomic E-state index is 13.9. The number of carboxylic acids is 1. The van der Waals surface area contributed by atoms with Gasteiger partial charge in [0.15, 0.2) is 0 Å². The number of carbonyl (C=O) groups excluding carboxylic acids is 7. The monoisotopic (exact) mass is 813 g/mol. The summed E-state index contributed by atoms with van der Waals surface area (Å²) in [5.74, 6) is -5.08. The van der Waals surface area contributed by atoms with Crippen molar-refractivity contribution in [2.45, 2.75) is 109 Å². The molecule has 0 radical (unpaired) electrons. The number of primary amides is 1. The van der Waals surface area contributed by atoms with Crippen molar-refractivity contribution in [3.05, 3.63) is 65.7 Å². The van der Waals surface area contributed by atoms with Crippen molar-refractivity contribution in [1.29, 1.82) is 0 Å². The molecule has 58 heavy (non-hydrogen) atoms. The normalized spacial score (nSPS) is 13.3. The highest BCUT2D eigenvalue weighted by atomic mass is 16.7. The second-order valence-corrected chi connectivity index (χ2v) is 15.3. The Morgan fingerprint density at radius 2 is 1.28 bits per heavy atom. The minimum atomic E-state index is -1.34. The van der Waals surface area contributed by atoms with Crippen LogP contribution in [0.3, 0.4) is 0 Å². The van der Waals surface area contributed by atoms with Crippen LogP contribution in [0.4, 0.5) is 9.59 Å². The number of hydrogen-bond donors (Lipinski definition) is 8. The molecule has 0 aromatic heterocycles. The predicted octanol–water partition coefficient (Wildman–Crippen LogP) is 0.949. The summed E-state index contributed by atoms with van der Waals surface area (Å²) in [6, 6.07) is 9.44. The van der Waals surface area contributed by atoms with Crippen LogP contribution in [0, 0.1) is 0 Å². The van der Waals surface area contributed by atoms with Crippen molar-refractivity contribution in [3.8, 4) is 5.75 Å². The molecule has 19 nitrogen and oxygen atoms in total. The van der Waals surface area contributed by atoms with Crippen LogP contribution >= 0.6 is 0 Å². The summed E-state index contributed by atoms with van der Waals surface area (Å²) < 4.78 is 15.7. The fraction of sp³-hybridized carbons (Fsp3) is 0.487. The van der Waals surface area contributed by atoms with Crippen LogP contribution in [0.5, 0.6) is 5.75 Å². The maximum absolute atomic E-state index is 13.9. The van der Waals surface area contributed by atoms with E-state index in [1.54, 1.807) is 84.0 Å². The third kappa shape index (κ3) is 19.6. The van der Waals surface area contributed by atoms with E-state index in [9.17, 15) is 43.5 Å². The molecule has 0 spiro atoms. The lowest BCUT2D eigenvalue weighted by molar-refractivity contribution is -0.141. The molecule has 10 N–H and O–H groups in total. The first-order valence-corrected chi connectivity index (χ1v) is 18.5. The quantitative estimate of drug-likeness (QED) is 0.0526. The van der Waals surface area contributed by atoms with E-state index >= 15 is 0 Å². The zero-order valence-electron chi connectivity index (χ0n) is 33.5. The highest BCUT2D eigenvalue weighted by Crippen LogP contribution is 2.17. The molecule has 0 heterocycles. The number of rotatable bonds is 20. The predicted molar refractivity (Wildman–Crippen MR) is 209 cm³/mol. The number of aliphatic carboxylic acids is 1. The van der Waals surface area contributed by atoms with E-state index in [0.717, 1.165) is 0 Å². The van der Waals surface area contributed by atoms with Gasteiger partial charge in [-0.1, -0.05) is 42.5 Å². The smallest absolute Gasteiger partial charge is 0.480 e. The van der Waals surface area contributed by atoms with Crippen LogP contribution in [-0.4, -0.2) is 101 Å². The topological polar surface area (TPSA) is 297 Å². The van der Waals surface area contributed by atoms with Crippen LogP contribution in [-0.2, 0) is 51.1 Å². The average molecular weight is 814 g/mol. The zero-order valence-corrected chi connectivity index (χ0v) is 33.5. The minimum Gasteiger partial charge on any atom is -0.480 e. The Bertz CT molecular complexity index is 1740. The zero-order chi connectivity index (χ0) is 43.6. The van der Waals surface area contributed by atoms with Crippen LogP contribution in [0.1, 0.15) is 71.9 Å². The number of hydrogen-bond acceptors (Lipinski definition) is 12. The van der Waals surface area contributed by atoms with Gasteiger partial charge in [-0.3, -0.25) is 24.0 Å². The number of ether oxygens (including phenoxy) is 3. The van der Waals surface area contributed by atoms with Gasteiger partial charge >= 0.3 is 18.2 Å². The Morgan fingerprint density at radius 1 is 0.690 bits per heavy atom. The first kappa shape index (κ1) is 47.9. The lowest BCUT2D eigenvalue weighted by atomic mass is 10.0. The lowest BCUT2D eigenvalue weighted by Gasteiger charge is -2.25. The van der Waals surface area contributed by atoms with Crippen molar-refractivity contribution in [1.82, 2.24) is 26.6 Å². The van der Waals surface area contributed by atoms with Gasteiger partial charge in [-0.15, -0.1) is 0 Å². The molecule has 0 aliphatic rings. The Morgan fingerprint density at radius 3 is 1.84 bits per heavy atom. The van der Waals surface area contributed by atoms with E-state index in [1.807, 2.05) is 0 Å². The van der Waals surface area contributed by atoms with E-state index in [-0.39, 0.29) is 38.0 Å². The van der Waals surface area contributed by atoms with Crippen LogP contribution in [0.25, 0.3) is 0 Å². The van der Waals surface area contributed by atoms with Gasteiger partial charge in [0.1, 0.15) is 35.1 Å². The fourth-order valence-electron chi connectivity index (χ4n) is 5.04. The number of alkyl carbamates (subject to hydrolysis) is 1. The molecule has 318 valence electrons. The van der Waals surface area contributed by atoms with Crippen LogP contribution < -0.4 is 42.8 Å². The van der Waals surface area contributed by atoms with Crippen molar-refractivity contribution in [2.75, 3.05) is 13.1 Å². The van der Waals surface area contributed by atoms with Gasteiger partial charge < -0.3 is 57.4 Å². The molecule has 2 rings (SSSR count). The average Bonchev–Trinajstić information content (AvgIpc) is 3.10. The van der Waals surface area contributed by atoms with Crippen LogP contribution in [0.2, 0.25) is 0 Å². The Labute approximate surface area is 336 Å². The van der Waals surface area contributed by atoms with Gasteiger partial charge in [0.05, 0.1) is 19.0 Å². The molecule has 2 aromatic rings. The summed E-state index contributed by atoms with van der Waals surface area (Å²) in [5, 5.41) is 22.1. The highest BCUT2D eigenvalue weighted by molar-refractivity contribution is 5.93. The standard InChI is InChI=1S/C39H55N7O12/c1-38(2,3)57-36(54)46-28(19-24-14-16-25(17-15-24)56-37(55)58-39(4,5)6)34(51)45-27(13-10-18-42-32(49)26(40)21-30(41)47)33(50)43-22-31(48)44-29(35(52)53)20-23-11-8-7-9-12-23/h7-9,11-12,14-17,26-29H,10,13,18-22,40H2,1-6H3,(H2,41,47)(H,42,49)(H,43,50)(H,44,48)(H,45,51)(H,46,54)(H,52,53)/t26-,27+,28-,29-/m0/s1. The largest absolute Gasteiger partial charge is 0.514 e. The Hall–Kier alpha value is -6.24. The highest BCUT2D eigenvalue weighted by Gasteiger charge is 2.30. The van der Waals surface area contributed by atoms with Crippen molar-refractivity contribution in [3.63, 3.8) is 0 Å². The molecule has 0 unspecified atom stereocenters. The Kier molecular flexibility index (Phi) is 18.6. The molecule has 0 saturated heterocycles. The number of benzene rings is 2. The van der Waals surface area contributed by atoms with Gasteiger partial charge in [-0.2, -0.15) is 0 Å². The summed E-state index contributed by atoms with van der Waals surface area (Å²) in [6.07, 6.45) is -2.42. The molecule has 0 saturated carbocycles. The van der Waals surface area contributed by atoms with Gasteiger partial charge in [-0.25, -0.2) is 14.4 Å². The molecule has 4 atom stereocenters. The Balaban J connectivity index is 2.26. The lowest BCUT2D eigenvalue weighted by Crippen LogP contribution is -2.56. The number of amides is 6. The second kappa shape index (κ2) is 22.5. The fourth-order valence-corrected chi connectivity index (χ4v) is 5.04. The van der Waals surface area contributed by atoms with Crippen LogP contribution in [0.15, 0.2) is 54.6 Å². The molecule has 0 bridgehead atoms. The molecule has 0 aliphatic carbocycles. The first-order chi connectivity index (χ1) is 27.0. The van der Waals surface area contributed by atoms with E-state index in [1.165, 1.54) is 12.1 Å². The number of nitrogens with two attached hydrogens (primary N) is 2. The number of carbonyl (C=O) groups is 8. The summed E-state index contributed by atoms with van der Waals surface area (Å²) >= 11 is 0. The third-order valence-corrected chi connectivity index (χ3v) is 7.66. The van der Waals surface area contributed by atoms with Gasteiger partial charge in [0, 0.05) is 19.4 Å².